The molecule has 0 aliphatic heterocycles. The minimum atomic E-state index is -0.604. The first-order chi connectivity index (χ1) is 16.3. The minimum Gasteiger partial charge on any atom is -0.370 e. The van der Waals surface area contributed by atoms with Crippen LogP contribution >= 0.6 is 22.9 Å². The Labute approximate surface area is 203 Å². The van der Waals surface area contributed by atoms with E-state index in [9.17, 15) is 14.4 Å². The number of thiazole rings is 1. The fourth-order valence-electron chi connectivity index (χ4n) is 3.47. The van der Waals surface area contributed by atoms with E-state index in [0.29, 0.717) is 10.7 Å². The summed E-state index contributed by atoms with van der Waals surface area (Å²) in [5.41, 5.74) is 6.45. The molecule has 0 radical (unpaired) electrons. The molecule has 0 aliphatic carbocycles. The van der Waals surface area contributed by atoms with Gasteiger partial charge in [0.2, 0.25) is 11.5 Å². The van der Waals surface area contributed by atoms with Crippen LogP contribution in [-0.2, 0) is 24.3 Å². The molecular weight excluding hydrogens is 476 g/mol. The highest BCUT2D eigenvalue weighted by atomic mass is 35.5. The monoisotopic (exact) mass is 498 g/mol. The fraction of sp³-hybridized carbons (Fsp3) is 0.261. The SMILES string of the molecule is CCc1nc2ccc(/N=c3\[nH]c(=O)n(CCCC(N)=O)c(=O)n3Cc3ccc(Cl)cc3)cc2s1. The van der Waals surface area contributed by atoms with Gasteiger partial charge < -0.3 is 5.73 Å². The molecule has 2 aromatic heterocycles. The van der Waals surface area contributed by atoms with Gasteiger partial charge in [0.25, 0.3) is 0 Å². The van der Waals surface area contributed by atoms with Crippen molar-refractivity contribution in [1.29, 1.82) is 0 Å². The van der Waals surface area contributed by atoms with Crippen LogP contribution in [-0.4, -0.2) is 25.0 Å². The van der Waals surface area contributed by atoms with Crippen molar-refractivity contribution in [3.8, 4) is 0 Å². The number of primary amides is 1. The number of aromatic nitrogens is 4. The molecule has 2 heterocycles. The number of rotatable bonds is 8. The summed E-state index contributed by atoms with van der Waals surface area (Å²) in [4.78, 5) is 49.0. The number of halogens is 1. The van der Waals surface area contributed by atoms with E-state index < -0.39 is 17.3 Å². The number of carbonyl (C=O) groups excluding carboxylic acids is 1. The number of hydrogen-bond donors (Lipinski definition) is 2. The van der Waals surface area contributed by atoms with Gasteiger partial charge in [0.1, 0.15) is 0 Å². The molecule has 0 bridgehead atoms. The first-order valence-corrected chi connectivity index (χ1v) is 11.9. The van der Waals surface area contributed by atoms with Crippen LogP contribution < -0.4 is 22.7 Å². The van der Waals surface area contributed by atoms with Crippen LogP contribution in [0.1, 0.15) is 30.3 Å². The third-order valence-corrected chi connectivity index (χ3v) is 6.61. The molecular formula is C23H23ClN6O3S. The molecule has 0 fully saturated rings. The summed E-state index contributed by atoms with van der Waals surface area (Å²) in [6, 6.07) is 12.6. The van der Waals surface area contributed by atoms with E-state index in [1.54, 1.807) is 41.7 Å². The molecule has 2 aromatic carbocycles. The quantitative estimate of drug-likeness (QED) is 0.387. The lowest BCUT2D eigenvalue weighted by molar-refractivity contribution is -0.118. The Morgan fingerprint density at radius 1 is 1.18 bits per heavy atom. The molecule has 11 heteroatoms. The number of benzene rings is 2. The molecule has 0 aliphatic rings. The van der Waals surface area contributed by atoms with Crippen molar-refractivity contribution in [3.05, 3.63) is 84.6 Å². The van der Waals surface area contributed by atoms with Gasteiger partial charge in [-0.2, -0.15) is 0 Å². The molecule has 0 saturated heterocycles. The highest BCUT2D eigenvalue weighted by Crippen LogP contribution is 2.26. The van der Waals surface area contributed by atoms with Crippen LogP contribution in [0.3, 0.4) is 0 Å². The van der Waals surface area contributed by atoms with Crippen molar-refractivity contribution < 1.29 is 4.79 Å². The molecule has 4 aromatic rings. The van der Waals surface area contributed by atoms with Gasteiger partial charge in [-0.05, 0) is 48.7 Å². The van der Waals surface area contributed by atoms with Crippen molar-refractivity contribution in [1.82, 2.24) is 19.1 Å². The van der Waals surface area contributed by atoms with Gasteiger partial charge >= 0.3 is 11.4 Å². The van der Waals surface area contributed by atoms with Gasteiger partial charge in [0, 0.05) is 18.0 Å². The number of carbonyl (C=O) groups is 1. The number of aryl methyl sites for hydroxylation is 1. The molecule has 0 unspecified atom stereocenters. The van der Waals surface area contributed by atoms with Gasteiger partial charge in [0.15, 0.2) is 0 Å². The minimum absolute atomic E-state index is 0.0601. The van der Waals surface area contributed by atoms with Gasteiger partial charge in [-0.1, -0.05) is 30.7 Å². The van der Waals surface area contributed by atoms with E-state index in [-0.39, 0.29) is 31.5 Å². The van der Waals surface area contributed by atoms with Gasteiger partial charge in [-0.3, -0.25) is 14.3 Å². The normalized spacial score (nSPS) is 11.9. The van der Waals surface area contributed by atoms with Crippen LogP contribution in [0.2, 0.25) is 5.02 Å². The zero-order valence-electron chi connectivity index (χ0n) is 18.5. The first kappa shape index (κ1) is 23.7. The number of nitrogens with two attached hydrogens (primary N) is 1. The summed E-state index contributed by atoms with van der Waals surface area (Å²) >= 11 is 7.58. The second-order valence-electron chi connectivity index (χ2n) is 7.70. The van der Waals surface area contributed by atoms with Crippen LogP contribution in [0.25, 0.3) is 10.2 Å². The topological polar surface area (TPSA) is 128 Å². The van der Waals surface area contributed by atoms with Gasteiger partial charge in [0.05, 0.1) is 27.5 Å². The lowest BCUT2D eigenvalue weighted by Gasteiger charge is -2.11. The maximum Gasteiger partial charge on any atom is 0.335 e. The van der Waals surface area contributed by atoms with Crippen molar-refractivity contribution in [2.75, 3.05) is 0 Å². The van der Waals surface area contributed by atoms with E-state index in [4.69, 9.17) is 17.3 Å². The molecule has 176 valence electrons. The van der Waals surface area contributed by atoms with Crippen molar-refractivity contribution >= 4 is 44.7 Å². The van der Waals surface area contributed by atoms with E-state index in [0.717, 1.165) is 31.8 Å². The highest BCUT2D eigenvalue weighted by molar-refractivity contribution is 7.18. The van der Waals surface area contributed by atoms with E-state index in [1.807, 2.05) is 19.1 Å². The standard InChI is InChI=1S/C23H23ClN6O3S/c1-2-20-27-17-10-9-16(12-18(17)34-20)26-21-28-22(32)29(11-3-4-19(25)31)23(33)30(21)13-14-5-7-15(24)8-6-14/h5-10,12H,2-4,11,13H2,1H3,(H2,25,31)(H,26,28,32). The number of nitrogens with one attached hydrogen (secondary N) is 1. The maximum absolute atomic E-state index is 13.3. The predicted octanol–water partition coefficient (Wildman–Crippen LogP) is 2.71. The molecule has 9 nitrogen and oxygen atoms in total. The number of hydrogen-bond acceptors (Lipinski definition) is 6. The summed E-state index contributed by atoms with van der Waals surface area (Å²) in [6.07, 6.45) is 1.19. The van der Waals surface area contributed by atoms with Crippen molar-refractivity contribution in [2.45, 2.75) is 39.3 Å². The fourth-order valence-corrected chi connectivity index (χ4v) is 4.54. The maximum atomic E-state index is 13.3. The highest BCUT2D eigenvalue weighted by Gasteiger charge is 2.11. The average molecular weight is 499 g/mol. The molecule has 1 amide bonds. The Bertz CT molecular complexity index is 1530. The molecule has 3 N–H and O–H groups in total. The molecule has 34 heavy (non-hydrogen) atoms. The Kier molecular flexibility index (Phi) is 7.09. The largest absolute Gasteiger partial charge is 0.370 e. The number of amides is 1. The van der Waals surface area contributed by atoms with Gasteiger partial charge in [-0.25, -0.2) is 24.1 Å². The van der Waals surface area contributed by atoms with Crippen LogP contribution in [0.4, 0.5) is 5.69 Å². The van der Waals surface area contributed by atoms with Crippen LogP contribution in [0, 0.1) is 0 Å². The second-order valence-corrected chi connectivity index (χ2v) is 9.25. The summed E-state index contributed by atoms with van der Waals surface area (Å²) in [5.74, 6) is -0.491. The molecule has 0 spiro atoms. The van der Waals surface area contributed by atoms with E-state index in [2.05, 4.69) is 15.0 Å². The molecule has 0 saturated carbocycles. The zero-order chi connectivity index (χ0) is 24.2. The Morgan fingerprint density at radius 2 is 1.94 bits per heavy atom. The lowest BCUT2D eigenvalue weighted by atomic mass is 10.2. The third-order valence-electron chi connectivity index (χ3n) is 5.19. The average Bonchev–Trinajstić information content (AvgIpc) is 3.22. The second kappa shape index (κ2) is 10.2. The Morgan fingerprint density at radius 3 is 2.65 bits per heavy atom. The van der Waals surface area contributed by atoms with Crippen LogP contribution in [0.5, 0.6) is 0 Å². The summed E-state index contributed by atoms with van der Waals surface area (Å²) in [5, 5.41) is 1.60. The van der Waals surface area contributed by atoms with Crippen molar-refractivity contribution in [3.63, 3.8) is 0 Å². The number of nitrogens with zero attached hydrogens (tertiary/aromatic N) is 4. The van der Waals surface area contributed by atoms with Gasteiger partial charge in [-0.15, -0.1) is 11.3 Å². The van der Waals surface area contributed by atoms with Crippen LogP contribution in [0.15, 0.2) is 57.0 Å². The number of H-pyrrole nitrogens is 1. The molecule has 0 atom stereocenters. The summed E-state index contributed by atoms with van der Waals surface area (Å²) in [6.45, 7) is 2.28. The Balaban J connectivity index is 1.82. The van der Waals surface area contributed by atoms with Crippen molar-refractivity contribution in [2.24, 2.45) is 10.7 Å². The van der Waals surface area contributed by atoms with E-state index in [1.165, 1.54) is 4.57 Å². The molecule has 4 rings (SSSR count). The zero-order valence-corrected chi connectivity index (χ0v) is 20.0. The predicted molar refractivity (Wildman–Crippen MR) is 133 cm³/mol. The third kappa shape index (κ3) is 5.35. The summed E-state index contributed by atoms with van der Waals surface area (Å²) < 4.78 is 3.42. The summed E-state index contributed by atoms with van der Waals surface area (Å²) in [7, 11) is 0. The lowest BCUT2D eigenvalue weighted by Crippen LogP contribution is -2.50. The number of aromatic amines is 1. The smallest absolute Gasteiger partial charge is 0.335 e. The van der Waals surface area contributed by atoms with E-state index >= 15 is 0 Å². The Hall–Kier alpha value is -3.50. The first-order valence-electron chi connectivity index (χ1n) is 10.7. The number of fused-ring (bicyclic) bond motifs is 1.